The summed E-state index contributed by atoms with van der Waals surface area (Å²) in [5.74, 6) is -0.279. The van der Waals surface area contributed by atoms with Crippen molar-refractivity contribution < 1.29 is 13.2 Å². The third-order valence-corrected chi connectivity index (χ3v) is 6.23. The maximum absolute atomic E-state index is 12.6. The molecule has 2 rings (SSSR count). The summed E-state index contributed by atoms with van der Waals surface area (Å²) in [5, 5.41) is 2.97. The summed E-state index contributed by atoms with van der Waals surface area (Å²) in [4.78, 5) is 15.0. The van der Waals surface area contributed by atoms with Gasteiger partial charge in [0.15, 0.2) is 0 Å². The smallest absolute Gasteiger partial charge is 0.251 e. The molecule has 0 heterocycles. The van der Waals surface area contributed by atoms with E-state index in [1.165, 1.54) is 24.7 Å². The summed E-state index contributed by atoms with van der Waals surface area (Å²) >= 11 is 0. The highest BCUT2D eigenvalue weighted by Crippen LogP contribution is 2.12. The van der Waals surface area contributed by atoms with E-state index in [1.807, 2.05) is 18.2 Å². The molecule has 0 spiro atoms. The van der Waals surface area contributed by atoms with Gasteiger partial charge in [-0.15, -0.1) is 0 Å². The molecule has 0 radical (unpaired) electrons. The first kappa shape index (κ1) is 22.1. The van der Waals surface area contributed by atoms with E-state index in [-0.39, 0.29) is 16.8 Å². The van der Waals surface area contributed by atoms with Gasteiger partial charge in [0, 0.05) is 18.2 Å². The molecule has 0 fully saturated rings. The molecule has 0 aliphatic carbocycles. The second-order valence-corrected chi connectivity index (χ2v) is 8.40. The SMILES string of the molecule is CCN(CC)[C@H](CNC(=O)c1cccc(S(=O)(=O)NC)c1)Cc1ccccc1. The second kappa shape index (κ2) is 10.4. The number of benzene rings is 2. The molecule has 2 aromatic carbocycles. The lowest BCUT2D eigenvalue weighted by Crippen LogP contribution is -2.45. The summed E-state index contributed by atoms with van der Waals surface area (Å²) in [7, 11) is -2.24. The van der Waals surface area contributed by atoms with Crippen LogP contribution in [0, 0.1) is 0 Å². The Bertz CT molecular complexity index is 865. The van der Waals surface area contributed by atoms with Crippen LogP contribution in [0.15, 0.2) is 59.5 Å². The van der Waals surface area contributed by atoms with Gasteiger partial charge in [-0.3, -0.25) is 9.69 Å². The molecule has 1 atom stereocenters. The molecular formula is C21H29N3O3S. The molecule has 0 aromatic heterocycles. The predicted octanol–water partition coefficient (Wildman–Crippen LogP) is 2.28. The Labute approximate surface area is 168 Å². The third kappa shape index (κ3) is 5.89. The highest BCUT2D eigenvalue weighted by molar-refractivity contribution is 7.89. The Hall–Kier alpha value is -2.22. The third-order valence-electron chi connectivity index (χ3n) is 4.82. The summed E-state index contributed by atoms with van der Waals surface area (Å²) in [6, 6.07) is 16.4. The largest absolute Gasteiger partial charge is 0.350 e. The van der Waals surface area contributed by atoms with Crippen molar-refractivity contribution >= 4 is 15.9 Å². The van der Waals surface area contributed by atoms with E-state index in [4.69, 9.17) is 0 Å². The summed E-state index contributed by atoms with van der Waals surface area (Å²) in [5.41, 5.74) is 1.55. The highest BCUT2D eigenvalue weighted by atomic mass is 32.2. The topological polar surface area (TPSA) is 78.5 Å². The monoisotopic (exact) mass is 403 g/mol. The van der Waals surface area contributed by atoms with Crippen molar-refractivity contribution in [1.82, 2.24) is 14.9 Å². The van der Waals surface area contributed by atoms with Crippen LogP contribution in [0.25, 0.3) is 0 Å². The number of likely N-dealkylation sites (N-methyl/N-ethyl adjacent to an activating group) is 1. The lowest BCUT2D eigenvalue weighted by Gasteiger charge is -2.30. The van der Waals surface area contributed by atoms with Gasteiger partial charge in [-0.1, -0.05) is 50.2 Å². The first-order valence-corrected chi connectivity index (χ1v) is 11.0. The van der Waals surface area contributed by atoms with E-state index < -0.39 is 10.0 Å². The molecule has 2 aromatic rings. The van der Waals surface area contributed by atoms with Crippen LogP contribution in [0.4, 0.5) is 0 Å². The van der Waals surface area contributed by atoms with Gasteiger partial charge in [0.2, 0.25) is 10.0 Å². The molecule has 152 valence electrons. The van der Waals surface area contributed by atoms with Crippen LogP contribution in [0.2, 0.25) is 0 Å². The Morgan fingerprint density at radius 2 is 1.71 bits per heavy atom. The van der Waals surface area contributed by atoms with Crippen molar-refractivity contribution in [3.8, 4) is 0 Å². The fourth-order valence-electron chi connectivity index (χ4n) is 3.19. The van der Waals surface area contributed by atoms with Gasteiger partial charge >= 0.3 is 0 Å². The fraction of sp³-hybridized carbons (Fsp3) is 0.381. The molecule has 0 saturated carbocycles. The van der Waals surface area contributed by atoms with E-state index in [0.717, 1.165) is 19.5 Å². The van der Waals surface area contributed by atoms with E-state index in [2.05, 4.69) is 40.9 Å². The van der Waals surface area contributed by atoms with Crippen LogP contribution >= 0.6 is 0 Å². The van der Waals surface area contributed by atoms with Gasteiger partial charge in [0.1, 0.15) is 0 Å². The summed E-state index contributed by atoms with van der Waals surface area (Å²) < 4.78 is 26.2. The lowest BCUT2D eigenvalue weighted by molar-refractivity contribution is 0.0934. The molecular weight excluding hydrogens is 374 g/mol. The molecule has 6 nitrogen and oxygen atoms in total. The number of nitrogens with zero attached hydrogens (tertiary/aromatic N) is 1. The Morgan fingerprint density at radius 3 is 2.32 bits per heavy atom. The number of carbonyl (C=O) groups excluding carboxylic acids is 1. The van der Waals surface area contributed by atoms with Gasteiger partial charge in [-0.25, -0.2) is 13.1 Å². The fourth-order valence-corrected chi connectivity index (χ4v) is 3.97. The van der Waals surface area contributed by atoms with E-state index in [0.29, 0.717) is 12.1 Å². The van der Waals surface area contributed by atoms with Crippen LogP contribution in [-0.2, 0) is 16.4 Å². The molecule has 2 N–H and O–H groups in total. The number of nitrogens with one attached hydrogen (secondary N) is 2. The summed E-state index contributed by atoms with van der Waals surface area (Å²) in [6.45, 7) is 6.47. The van der Waals surface area contributed by atoms with Crippen molar-refractivity contribution in [3.63, 3.8) is 0 Å². The number of carbonyl (C=O) groups is 1. The Kier molecular flexibility index (Phi) is 8.17. The van der Waals surface area contributed by atoms with E-state index in [9.17, 15) is 13.2 Å². The number of hydrogen-bond acceptors (Lipinski definition) is 4. The van der Waals surface area contributed by atoms with Gasteiger partial charge < -0.3 is 5.32 Å². The van der Waals surface area contributed by atoms with E-state index >= 15 is 0 Å². The zero-order chi connectivity index (χ0) is 20.6. The van der Waals surface area contributed by atoms with Crippen molar-refractivity contribution in [2.24, 2.45) is 0 Å². The minimum atomic E-state index is -3.59. The van der Waals surface area contributed by atoms with Crippen LogP contribution in [0.5, 0.6) is 0 Å². The number of sulfonamides is 1. The van der Waals surface area contributed by atoms with Crippen molar-refractivity contribution in [1.29, 1.82) is 0 Å². The maximum Gasteiger partial charge on any atom is 0.251 e. The number of rotatable bonds is 10. The minimum absolute atomic E-state index is 0.0761. The first-order chi connectivity index (χ1) is 13.4. The Morgan fingerprint density at radius 1 is 1.04 bits per heavy atom. The van der Waals surface area contributed by atoms with Crippen LogP contribution in [0.1, 0.15) is 29.8 Å². The quantitative estimate of drug-likeness (QED) is 0.638. The van der Waals surface area contributed by atoms with Gasteiger partial charge in [-0.05, 0) is 50.3 Å². The van der Waals surface area contributed by atoms with Crippen LogP contribution < -0.4 is 10.0 Å². The second-order valence-electron chi connectivity index (χ2n) is 6.51. The zero-order valence-corrected chi connectivity index (χ0v) is 17.5. The van der Waals surface area contributed by atoms with E-state index in [1.54, 1.807) is 12.1 Å². The maximum atomic E-state index is 12.6. The lowest BCUT2D eigenvalue weighted by atomic mass is 10.0. The first-order valence-electron chi connectivity index (χ1n) is 9.51. The van der Waals surface area contributed by atoms with Gasteiger partial charge in [0.05, 0.1) is 4.90 Å². The number of amides is 1. The molecule has 0 saturated heterocycles. The average molecular weight is 404 g/mol. The summed E-state index contributed by atoms with van der Waals surface area (Å²) in [6.07, 6.45) is 0.830. The molecule has 0 aliphatic heterocycles. The molecule has 0 unspecified atom stereocenters. The van der Waals surface area contributed by atoms with Crippen molar-refractivity contribution in [3.05, 3.63) is 65.7 Å². The van der Waals surface area contributed by atoms with Crippen molar-refractivity contribution in [2.75, 3.05) is 26.7 Å². The molecule has 0 bridgehead atoms. The normalized spacial score (nSPS) is 12.7. The van der Waals surface area contributed by atoms with Gasteiger partial charge in [-0.2, -0.15) is 0 Å². The number of hydrogen-bond donors (Lipinski definition) is 2. The highest BCUT2D eigenvalue weighted by Gasteiger charge is 2.19. The predicted molar refractivity (Wildman–Crippen MR) is 112 cm³/mol. The average Bonchev–Trinajstić information content (AvgIpc) is 2.73. The molecule has 1 amide bonds. The zero-order valence-electron chi connectivity index (χ0n) is 16.7. The minimum Gasteiger partial charge on any atom is -0.350 e. The van der Waals surface area contributed by atoms with Crippen LogP contribution in [0.3, 0.4) is 0 Å². The Balaban J connectivity index is 2.11. The van der Waals surface area contributed by atoms with Gasteiger partial charge in [0.25, 0.3) is 5.91 Å². The molecule has 0 aliphatic rings. The molecule has 28 heavy (non-hydrogen) atoms. The molecule has 7 heteroatoms. The van der Waals surface area contributed by atoms with Crippen molar-refractivity contribution in [2.45, 2.75) is 31.2 Å². The standard InChI is InChI=1S/C21H29N3O3S/c1-4-24(5-2)19(14-17-10-7-6-8-11-17)16-23-21(25)18-12-9-13-20(15-18)28(26,27)22-3/h6-13,15,19,22H,4-5,14,16H2,1-3H3,(H,23,25)/t19-/m0/s1. The van der Waals surface area contributed by atoms with Crippen LogP contribution in [-0.4, -0.2) is 51.9 Å².